The second-order valence-electron chi connectivity index (χ2n) is 5.45. The van der Waals surface area contributed by atoms with Crippen LogP contribution in [0, 0.1) is 5.92 Å². The van der Waals surface area contributed by atoms with Gasteiger partial charge in [-0.25, -0.2) is 9.98 Å². The van der Waals surface area contributed by atoms with Crippen molar-refractivity contribution in [2.45, 2.75) is 37.7 Å². The summed E-state index contributed by atoms with van der Waals surface area (Å²) >= 11 is 0. The fraction of sp³-hybridized carbons (Fsp3) is 0.667. The van der Waals surface area contributed by atoms with Gasteiger partial charge in [0.25, 0.3) is 0 Å². The lowest BCUT2D eigenvalue weighted by atomic mass is 10.2. The van der Waals surface area contributed by atoms with Gasteiger partial charge in [0.2, 0.25) is 0 Å². The number of fused-ring (bicyclic) bond motifs is 2. The Morgan fingerprint density at radius 3 is 3.19 bits per heavy atom. The summed E-state index contributed by atoms with van der Waals surface area (Å²) in [6.07, 6.45) is -0.259. The number of aliphatic hydroxyl groups excluding tert-OH is 2. The molecule has 1 saturated carbocycles. The van der Waals surface area contributed by atoms with E-state index in [1.54, 1.807) is 4.57 Å². The number of hydrogen-bond donors (Lipinski definition) is 4. The van der Waals surface area contributed by atoms with Crippen LogP contribution in [0.4, 0.5) is 5.82 Å². The lowest BCUT2D eigenvalue weighted by Crippen LogP contribution is -2.32. The minimum atomic E-state index is -1.11. The molecule has 0 radical (unpaired) electrons. The molecule has 0 amide bonds. The Morgan fingerprint density at radius 2 is 2.43 bits per heavy atom. The molecular weight excluding hydrogens is 278 g/mol. The highest BCUT2D eigenvalue weighted by Crippen LogP contribution is 2.60. The van der Waals surface area contributed by atoms with E-state index in [1.807, 2.05) is 6.92 Å². The maximum Gasteiger partial charge on any atom is 0.197 e. The Kier molecular flexibility index (Phi) is 2.58. The molecule has 9 nitrogen and oxygen atoms in total. The Bertz CT molecular complexity index is 617. The normalized spacial score (nSPS) is 40.2. The second kappa shape index (κ2) is 4.17. The molecule has 3 heterocycles. The summed E-state index contributed by atoms with van der Waals surface area (Å²) in [6.45, 7) is 2.41. The van der Waals surface area contributed by atoms with Gasteiger partial charge in [0.1, 0.15) is 17.6 Å². The number of imidazole rings is 1. The molecule has 114 valence electrons. The smallest absolute Gasteiger partial charge is 0.197 e. The molecular formula is C12H17N5O4. The Hall–Kier alpha value is -1.68. The van der Waals surface area contributed by atoms with Crippen molar-refractivity contribution < 1.29 is 19.7 Å². The third-order valence-corrected chi connectivity index (χ3v) is 4.17. The highest BCUT2D eigenvalue weighted by atomic mass is 16.7. The van der Waals surface area contributed by atoms with E-state index < -0.39 is 24.3 Å². The van der Waals surface area contributed by atoms with Gasteiger partial charge in [-0.05, 0) is 6.92 Å². The summed E-state index contributed by atoms with van der Waals surface area (Å²) in [5.74, 6) is -0.163. The van der Waals surface area contributed by atoms with E-state index in [0.717, 1.165) is 0 Å². The maximum absolute atomic E-state index is 10.4. The summed E-state index contributed by atoms with van der Waals surface area (Å²) in [5.41, 5.74) is 5.97. The van der Waals surface area contributed by atoms with Crippen molar-refractivity contribution in [3.8, 4) is 0 Å². The van der Waals surface area contributed by atoms with Gasteiger partial charge in [0.05, 0.1) is 6.33 Å². The molecule has 4 rings (SSSR count). The van der Waals surface area contributed by atoms with E-state index in [-0.39, 0.29) is 11.9 Å². The van der Waals surface area contributed by atoms with Gasteiger partial charge in [0.15, 0.2) is 24.2 Å². The first-order valence-corrected chi connectivity index (χ1v) is 6.90. The van der Waals surface area contributed by atoms with E-state index in [1.165, 1.54) is 6.33 Å². The summed E-state index contributed by atoms with van der Waals surface area (Å²) < 4.78 is 13.1. The summed E-state index contributed by atoms with van der Waals surface area (Å²) in [6, 6.07) is 0. The van der Waals surface area contributed by atoms with Gasteiger partial charge >= 0.3 is 0 Å². The standard InChI is InChI=1S/C12H17N5O4/c1-2-20-12-3-5(12)7(18)10(21-12)17-4-14-6-8(17)15-11(13)16-9(6)19/h4-5,7,9-10,18-19H,2-3H2,1H3,(H3,13,15,16)/t5-,7+,9?,10+,12?/m0/s1. The third kappa shape index (κ3) is 1.72. The molecule has 1 aliphatic carbocycles. The minimum Gasteiger partial charge on any atom is -0.388 e. The fourth-order valence-corrected chi connectivity index (χ4v) is 3.13. The van der Waals surface area contributed by atoms with Crippen LogP contribution in [0.25, 0.3) is 0 Å². The Labute approximate surface area is 120 Å². The van der Waals surface area contributed by atoms with Gasteiger partial charge in [-0.15, -0.1) is 0 Å². The van der Waals surface area contributed by atoms with Crippen molar-refractivity contribution in [2.24, 2.45) is 16.6 Å². The molecule has 2 aliphatic heterocycles. The monoisotopic (exact) mass is 295 g/mol. The van der Waals surface area contributed by atoms with Crippen molar-refractivity contribution in [1.82, 2.24) is 9.55 Å². The summed E-state index contributed by atoms with van der Waals surface area (Å²) in [7, 11) is 0. The van der Waals surface area contributed by atoms with Crippen LogP contribution in [0.1, 0.15) is 31.5 Å². The third-order valence-electron chi connectivity index (χ3n) is 4.17. The average molecular weight is 295 g/mol. The van der Waals surface area contributed by atoms with E-state index in [4.69, 9.17) is 15.2 Å². The van der Waals surface area contributed by atoms with Crippen LogP contribution in [0.3, 0.4) is 0 Å². The predicted octanol–water partition coefficient (Wildman–Crippen LogP) is -0.743. The Morgan fingerprint density at radius 1 is 1.62 bits per heavy atom. The van der Waals surface area contributed by atoms with Crippen LogP contribution in [-0.2, 0) is 9.47 Å². The molecule has 0 bridgehead atoms. The van der Waals surface area contributed by atoms with Crippen LogP contribution < -0.4 is 11.1 Å². The van der Waals surface area contributed by atoms with Gasteiger partial charge in [-0.1, -0.05) is 0 Å². The van der Waals surface area contributed by atoms with E-state index in [2.05, 4.69) is 15.3 Å². The Balaban J connectivity index is 1.65. The number of nitrogens with one attached hydrogen (secondary N) is 1. The second-order valence-corrected chi connectivity index (χ2v) is 5.45. The van der Waals surface area contributed by atoms with Gasteiger partial charge < -0.3 is 30.7 Å². The molecule has 2 unspecified atom stereocenters. The summed E-state index contributed by atoms with van der Waals surface area (Å²) in [4.78, 5) is 7.90. The quantitative estimate of drug-likeness (QED) is 0.578. The average Bonchev–Trinajstić information content (AvgIpc) is 2.84. The van der Waals surface area contributed by atoms with Crippen LogP contribution in [-0.4, -0.2) is 44.2 Å². The van der Waals surface area contributed by atoms with Crippen molar-refractivity contribution in [2.75, 3.05) is 11.9 Å². The molecule has 0 aromatic carbocycles. The number of anilines is 1. The molecule has 5 N–H and O–H groups in total. The van der Waals surface area contributed by atoms with Gasteiger partial charge in [-0.2, -0.15) is 0 Å². The van der Waals surface area contributed by atoms with Crippen LogP contribution in [0.5, 0.6) is 0 Å². The SMILES string of the molecule is CCOC12C[C@H]1[C@@H](O)[C@H](n1cnc3c1NC(N)=NC3O)O2. The number of ether oxygens (including phenoxy) is 2. The minimum absolute atomic E-state index is 0.0416. The lowest BCUT2D eigenvalue weighted by molar-refractivity contribution is -0.194. The first kappa shape index (κ1) is 13.0. The van der Waals surface area contributed by atoms with E-state index >= 15 is 0 Å². The topological polar surface area (TPSA) is 127 Å². The van der Waals surface area contributed by atoms with E-state index in [9.17, 15) is 10.2 Å². The first-order valence-electron chi connectivity index (χ1n) is 6.90. The highest BCUT2D eigenvalue weighted by molar-refractivity contribution is 5.93. The summed E-state index contributed by atoms with van der Waals surface area (Å²) in [5, 5.41) is 23.1. The number of nitrogens with zero attached hydrogens (tertiary/aromatic N) is 3. The zero-order valence-electron chi connectivity index (χ0n) is 11.4. The van der Waals surface area contributed by atoms with Crippen molar-refractivity contribution in [3.63, 3.8) is 0 Å². The fourth-order valence-electron chi connectivity index (χ4n) is 3.13. The molecule has 9 heteroatoms. The number of nitrogens with two attached hydrogens (primary N) is 1. The van der Waals surface area contributed by atoms with Gasteiger partial charge in [0, 0.05) is 18.9 Å². The first-order chi connectivity index (χ1) is 10.1. The largest absolute Gasteiger partial charge is 0.388 e. The molecule has 1 aromatic heterocycles. The zero-order valence-corrected chi connectivity index (χ0v) is 11.4. The predicted molar refractivity (Wildman–Crippen MR) is 71.0 cm³/mol. The number of aromatic nitrogens is 2. The molecule has 3 aliphatic rings. The number of guanidine groups is 1. The van der Waals surface area contributed by atoms with Crippen LogP contribution >= 0.6 is 0 Å². The lowest BCUT2D eigenvalue weighted by Gasteiger charge is -2.25. The molecule has 0 spiro atoms. The molecule has 1 aromatic rings. The highest BCUT2D eigenvalue weighted by Gasteiger charge is 2.69. The van der Waals surface area contributed by atoms with Gasteiger partial charge in [-0.3, -0.25) is 4.57 Å². The van der Waals surface area contributed by atoms with Crippen LogP contribution in [0.15, 0.2) is 11.3 Å². The van der Waals surface area contributed by atoms with E-state index in [0.29, 0.717) is 24.5 Å². The number of hydrogen-bond acceptors (Lipinski definition) is 8. The van der Waals surface area contributed by atoms with Crippen LogP contribution in [0.2, 0.25) is 0 Å². The van der Waals surface area contributed by atoms with Crippen molar-refractivity contribution >= 4 is 11.8 Å². The molecule has 5 atom stereocenters. The number of rotatable bonds is 3. The zero-order chi connectivity index (χ0) is 14.8. The van der Waals surface area contributed by atoms with Crippen molar-refractivity contribution in [1.29, 1.82) is 0 Å². The number of aliphatic hydroxyl groups is 2. The molecule has 2 fully saturated rings. The number of aliphatic imine (C=N–C) groups is 1. The molecule has 21 heavy (non-hydrogen) atoms. The maximum atomic E-state index is 10.4. The van der Waals surface area contributed by atoms with Crippen molar-refractivity contribution in [3.05, 3.63) is 12.0 Å². The molecule has 1 saturated heterocycles.